The molecule has 1 N–H and O–H groups in total. The van der Waals surface area contributed by atoms with Crippen molar-refractivity contribution in [1.29, 1.82) is 0 Å². The fraction of sp³-hybridized carbons (Fsp3) is 0.562. The lowest BCUT2D eigenvalue weighted by Crippen LogP contribution is -2.33. The van der Waals surface area contributed by atoms with E-state index in [0.29, 0.717) is 12.1 Å². The molecule has 1 aliphatic carbocycles. The molecule has 0 bridgehead atoms. The highest BCUT2D eigenvalue weighted by Gasteiger charge is 2.30. The number of fused-ring (bicyclic) bond motifs is 2. The third-order valence-electron chi connectivity index (χ3n) is 4.81. The molecule has 0 radical (unpaired) electrons. The maximum absolute atomic E-state index is 5.02. The van der Waals surface area contributed by atoms with Gasteiger partial charge in [-0.1, -0.05) is 0 Å². The quantitative estimate of drug-likeness (QED) is 0.909. The minimum absolute atomic E-state index is 0.454. The monoisotopic (exact) mass is 319 g/mol. The van der Waals surface area contributed by atoms with Crippen LogP contribution in [-0.4, -0.2) is 18.6 Å². The lowest BCUT2D eigenvalue weighted by molar-refractivity contribution is 0.489. The maximum atomic E-state index is 5.02. The van der Waals surface area contributed by atoms with Gasteiger partial charge in [-0.3, -0.25) is 0 Å². The summed E-state index contributed by atoms with van der Waals surface area (Å²) in [5.74, 6) is 0. The van der Waals surface area contributed by atoms with Gasteiger partial charge in [0, 0.05) is 16.3 Å². The highest BCUT2D eigenvalue weighted by atomic mass is 32.1. The van der Waals surface area contributed by atoms with Crippen LogP contribution in [0.3, 0.4) is 0 Å². The van der Waals surface area contributed by atoms with Gasteiger partial charge >= 0.3 is 0 Å². The second-order valence-electron chi connectivity index (χ2n) is 5.96. The Morgan fingerprint density at radius 3 is 3.10 bits per heavy atom. The summed E-state index contributed by atoms with van der Waals surface area (Å²) in [5.41, 5.74) is 2.82. The number of hydrogen-bond donors (Lipinski definition) is 1. The number of hydrogen-bond acceptors (Lipinski definition) is 5. The van der Waals surface area contributed by atoms with Gasteiger partial charge < -0.3 is 10.2 Å². The van der Waals surface area contributed by atoms with Gasteiger partial charge in [0.1, 0.15) is 0 Å². The van der Waals surface area contributed by atoms with Crippen LogP contribution in [0, 0.1) is 0 Å². The largest absolute Gasteiger partial charge is 0.341 e. The summed E-state index contributed by atoms with van der Waals surface area (Å²) in [6.07, 6.45) is 4.87. The topological polar surface area (TPSA) is 28.2 Å². The van der Waals surface area contributed by atoms with Crippen LogP contribution >= 0.6 is 22.7 Å². The second kappa shape index (κ2) is 5.38. The molecule has 0 spiro atoms. The smallest absolute Gasteiger partial charge is 0.186 e. The zero-order valence-corrected chi connectivity index (χ0v) is 14.2. The Morgan fingerprint density at radius 2 is 2.24 bits per heavy atom. The maximum Gasteiger partial charge on any atom is 0.186 e. The molecular weight excluding hydrogens is 298 g/mol. The summed E-state index contributed by atoms with van der Waals surface area (Å²) in [6, 6.07) is 3.21. The summed E-state index contributed by atoms with van der Waals surface area (Å²) in [4.78, 5) is 10.6. The van der Waals surface area contributed by atoms with E-state index in [1.54, 1.807) is 4.88 Å². The van der Waals surface area contributed by atoms with Crippen LogP contribution in [0.1, 0.15) is 52.9 Å². The van der Waals surface area contributed by atoms with Crippen molar-refractivity contribution in [1.82, 2.24) is 10.3 Å². The van der Waals surface area contributed by atoms with E-state index in [0.717, 1.165) is 13.0 Å². The van der Waals surface area contributed by atoms with Crippen LogP contribution in [0.15, 0.2) is 11.4 Å². The van der Waals surface area contributed by atoms with E-state index >= 15 is 0 Å². The lowest BCUT2D eigenvalue weighted by Gasteiger charge is -2.33. The summed E-state index contributed by atoms with van der Waals surface area (Å²) in [7, 11) is 2.06. The van der Waals surface area contributed by atoms with E-state index in [-0.39, 0.29) is 0 Å². The average Bonchev–Trinajstić information content (AvgIpc) is 3.13. The molecule has 21 heavy (non-hydrogen) atoms. The standard InChI is InChI=1S/C16H21N3S2/c1-10-11-7-9-20-13(11)6-8-19(10)16-18-15-12(17-2)4-3-5-14(15)21-16/h7,9-10,12,17H,3-6,8H2,1-2H3. The van der Waals surface area contributed by atoms with Crippen molar-refractivity contribution in [2.75, 3.05) is 18.5 Å². The van der Waals surface area contributed by atoms with E-state index in [9.17, 15) is 0 Å². The molecule has 2 aromatic heterocycles. The fourth-order valence-electron chi connectivity index (χ4n) is 3.58. The Balaban J connectivity index is 1.67. The molecule has 5 heteroatoms. The first-order valence-corrected chi connectivity index (χ1v) is 9.47. The summed E-state index contributed by atoms with van der Waals surface area (Å²) in [6.45, 7) is 3.42. The predicted molar refractivity (Wildman–Crippen MR) is 90.6 cm³/mol. The average molecular weight is 319 g/mol. The minimum Gasteiger partial charge on any atom is -0.341 e. The van der Waals surface area contributed by atoms with Gasteiger partial charge in [-0.15, -0.1) is 22.7 Å². The normalized spacial score (nSPS) is 24.8. The first-order valence-electron chi connectivity index (χ1n) is 7.77. The third-order valence-corrected chi connectivity index (χ3v) is 6.98. The summed E-state index contributed by atoms with van der Waals surface area (Å²) >= 11 is 3.82. The highest BCUT2D eigenvalue weighted by Crippen LogP contribution is 2.41. The number of thiophene rings is 1. The van der Waals surface area contributed by atoms with Crippen LogP contribution in [0.5, 0.6) is 0 Å². The number of aromatic nitrogens is 1. The SMILES string of the molecule is CNC1CCCc2sc(N3CCc4sccc4C3C)nc21. The molecule has 112 valence electrons. The summed E-state index contributed by atoms with van der Waals surface area (Å²) in [5, 5.41) is 6.89. The third kappa shape index (κ3) is 2.22. The molecule has 3 heterocycles. The molecule has 2 atom stereocenters. The van der Waals surface area contributed by atoms with Gasteiger partial charge in [-0.05, 0) is 56.7 Å². The zero-order valence-electron chi connectivity index (χ0n) is 12.6. The number of thiazole rings is 1. The van der Waals surface area contributed by atoms with Crippen LogP contribution in [0.2, 0.25) is 0 Å². The Morgan fingerprint density at radius 1 is 1.33 bits per heavy atom. The van der Waals surface area contributed by atoms with Crippen molar-refractivity contribution in [3.8, 4) is 0 Å². The molecule has 3 nitrogen and oxygen atoms in total. The van der Waals surface area contributed by atoms with Crippen molar-refractivity contribution >= 4 is 27.8 Å². The zero-order chi connectivity index (χ0) is 14.4. The van der Waals surface area contributed by atoms with Gasteiger partial charge in [-0.25, -0.2) is 4.98 Å². The molecule has 1 aliphatic heterocycles. The molecule has 2 aliphatic rings. The second-order valence-corrected chi connectivity index (χ2v) is 8.02. The molecule has 0 saturated heterocycles. The highest BCUT2D eigenvalue weighted by molar-refractivity contribution is 7.15. The molecule has 0 saturated carbocycles. The van der Waals surface area contributed by atoms with E-state index in [1.165, 1.54) is 40.5 Å². The van der Waals surface area contributed by atoms with Crippen LogP contribution < -0.4 is 10.2 Å². The molecular formula is C16H21N3S2. The van der Waals surface area contributed by atoms with Crippen molar-refractivity contribution in [2.24, 2.45) is 0 Å². The van der Waals surface area contributed by atoms with Gasteiger partial charge in [0.05, 0.1) is 17.8 Å². The number of aryl methyl sites for hydroxylation is 1. The number of nitrogens with one attached hydrogen (secondary N) is 1. The van der Waals surface area contributed by atoms with Gasteiger partial charge in [0.2, 0.25) is 0 Å². The van der Waals surface area contributed by atoms with Gasteiger partial charge in [0.25, 0.3) is 0 Å². The van der Waals surface area contributed by atoms with Crippen molar-refractivity contribution in [3.63, 3.8) is 0 Å². The molecule has 0 aromatic carbocycles. The van der Waals surface area contributed by atoms with Gasteiger partial charge in [-0.2, -0.15) is 0 Å². The Kier molecular flexibility index (Phi) is 3.52. The van der Waals surface area contributed by atoms with Crippen LogP contribution in [0.25, 0.3) is 0 Å². The Labute approximate surface area is 134 Å². The van der Waals surface area contributed by atoms with E-state index in [4.69, 9.17) is 4.98 Å². The fourth-order valence-corrected chi connectivity index (χ4v) is 5.81. The Hall–Kier alpha value is -0.910. The minimum atomic E-state index is 0.454. The first-order chi connectivity index (χ1) is 10.3. The molecule has 2 aromatic rings. The van der Waals surface area contributed by atoms with Crippen molar-refractivity contribution < 1.29 is 0 Å². The lowest BCUT2D eigenvalue weighted by atomic mass is 9.98. The Bertz CT molecular complexity index is 646. The van der Waals surface area contributed by atoms with E-state index in [2.05, 4.69) is 35.6 Å². The number of anilines is 1. The molecule has 0 fully saturated rings. The van der Waals surface area contributed by atoms with Crippen LogP contribution in [0.4, 0.5) is 5.13 Å². The van der Waals surface area contributed by atoms with Crippen molar-refractivity contribution in [2.45, 2.75) is 44.7 Å². The molecule has 4 rings (SSSR count). The molecule has 2 unspecified atom stereocenters. The van der Waals surface area contributed by atoms with Crippen LogP contribution in [-0.2, 0) is 12.8 Å². The summed E-state index contributed by atoms with van der Waals surface area (Å²) < 4.78 is 0. The van der Waals surface area contributed by atoms with E-state index < -0.39 is 0 Å². The number of rotatable bonds is 2. The molecule has 0 amide bonds. The van der Waals surface area contributed by atoms with Crippen molar-refractivity contribution in [3.05, 3.63) is 32.5 Å². The van der Waals surface area contributed by atoms with Gasteiger partial charge in [0.15, 0.2) is 5.13 Å². The van der Waals surface area contributed by atoms with E-state index in [1.807, 2.05) is 22.7 Å². The first kappa shape index (κ1) is 13.7. The predicted octanol–water partition coefficient (Wildman–Crippen LogP) is 3.93. The number of nitrogens with zero attached hydrogens (tertiary/aromatic N) is 2.